The lowest BCUT2D eigenvalue weighted by atomic mass is 10.2. The van der Waals surface area contributed by atoms with Crippen LogP contribution in [0.15, 0.2) is 42.6 Å². The molecule has 2 aromatic rings. The molecule has 2 fully saturated rings. The van der Waals surface area contributed by atoms with Crippen molar-refractivity contribution < 1.29 is 37.0 Å². The molecule has 0 atom stereocenters. The molecule has 1 aromatic heterocycles. The van der Waals surface area contributed by atoms with Crippen LogP contribution in [0.2, 0.25) is 0 Å². The number of rotatable bonds is 10. The molecule has 1 saturated heterocycles. The van der Waals surface area contributed by atoms with Crippen LogP contribution < -0.4 is 15.0 Å². The number of hydrogen-bond donors (Lipinski definition) is 1. The molecule has 13 heteroatoms. The second-order valence-corrected chi connectivity index (χ2v) is 8.92. The molecule has 4 rings (SSSR count). The first-order valence-corrected chi connectivity index (χ1v) is 12.2. The van der Waals surface area contributed by atoms with Gasteiger partial charge in [-0.2, -0.15) is 0 Å². The van der Waals surface area contributed by atoms with Crippen LogP contribution in [0.4, 0.5) is 34.3 Å². The molecule has 0 radical (unpaired) electrons. The first-order chi connectivity index (χ1) is 18.1. The highest BCUT2D eigenvalue weighted by Gasteiger charge is 2.65. The minimum atomic E-state index is -4.85. The van der Waals surface area contributed by atoms with Gasteiger partial charge < -0.3 is 19.3 Å². The Morgan fingerprint density at radius 2 is 1.82 bits per heavy atom. The van der Waals surface area contributed by atoms with Gasteiger partial charge in [0.05, 0.1) is 5.69 Å². The number of benzene rings is 1. The van der Waals surface area contributed by atoms with E-state index in [2.05, 4.69) is 19.9 Å². The number of carbonyl (C=O) groups is 3. The van der Waals surface area contributed by atoms with Crippen LogP contribution in [0.25, 0.3) is 0 Å². The van der Waals surface area contributed by atoms with E-state index in [1.165, 1.54) is 23.2 Å². The number of nitrogens with zero attached hydrogens (tertiary/aromatic N) is 4. The number of aromatic nitrogens is 1. The van der Waals surface area contributed by atoms with Crippen molar-refractivity contribution in [2.45, 2.75) is 45.1 Å². The lowest BCUT2D eigenvalue weighted by Gasteiger charge is -2.21. The second kappa shape index (κ2) is 10.9. The summed E-state index contributed by atoms with van der Waals surface area (Å²) in [7, 11) is 0. The number of amides is 4. The molecule has 1 spiro atoms. The zero-order valence-corrected chi connectivity index (χ0v) is 21.0. The summed E-state index contributed by atoms with van der Waals surface area (Å²) in [4.78, 5) is 47.3. The number of halogens is 3. The number of carbonyl (C=O) groups excluding carboxylic acids is 3. The Morgan fingerprint density at radius 3 is 2.42 bits per heavy atom. The molecule has 1 N–H and O–H groups in total. The number of ether oxygens (including phenoxy) is 2. The summed E-state index contributed by atoms with van der Waals surface area (Å²) in [6, 6.07) is 7.23. The average molecular weight is 536 g/mol. The first-order valence-electron chi connectivity index (χ1n) is 12.2. The Kier molecular flexibility index (Phi) is 7.76. The minimum Gasteiger partial charge on any atom is -0.448 e. The summed E-state index contributed by atoms with van der Waals surface area (Å²) in [5, 5.41) is 2.57. The lowest BCUT2D eigenvalue weighted by Crippen LogP contribution is -2.36. The van der Waals surface area contributed by atoms with Gasteiger partial charge in [0.1, 0.15) is 23.7 Å². The molecule has 38 heavy (non-hydrogen) atoms. The molecule has 1 aromatic carbocycles. The van der Waals surface area contributed by atoms with E-state index in [9.17, 15) is 27.6 Å². The average Bonchev–Trinajstić information content (AvgIpc) is 3.64. The molecule has 2 aliphatic rings. The number of alkyl halides is 3. The van der Waals surface area contributed by atoms with Crippen LogP contribution in [0.1, 0.15) is 32.3 Å². The second-order valence-electron chi connectivity index (χ2n) is 8.92. The van der Waals surface area contributed by atoms with Gasteiger partial charge in [-0.25, -0.2) is 19.5 Å². The Bertz CT molecular complexity index is 1180. The Morgan fingerprint density at radius 1 is 1.13 bits per heavy atom. The fourth-order valence-corrected chi connectivity index (χ4v) is 4.33. The predicted molar refractivity (Wildman–Crippen MR) is 131 cm³/mol. The van der Waals surface area contributed by atoms with Gasteiger partial charge in [-0.1, -0.05) is 13.8 Å². The van der Waals surface area contributed by atoms with E-state index in [0.717, 1.165) is 30.1 Å². The third-order valence-electron chi connectivity index (χ3n) is 6.52. The minimum absolute atomic E-state index is 0.0740. The highest BCUT2D eigenvalue weighted by molar-refractivity contribution is 6.24. The van der Waals surface area contributed by atoms with Crippen molar-refractivity contribution >= 4 is 29.5 Å². The molecule has 1 saturated carbocycles. The van der Waals surface area contributed by atoms with Gasteiger partial charge in [-0.05, 0) is 67.9 Å². The third kappa shape index (κ3) is 5.98. The lowest BCUT2D eigenvalue weighted by molar-refractivity contribution is -0.274. The smallest absolute Gasteiger partial charge is 0.448 e. The van der Waals surface area contributed by atoms with Crippen molar-refractivity contribution in [1.29, 1.82) is 0 Å². The van der Waals surface area contributed by atoms with Crippen LogP contribution in [0.5, 0.6) is 5.75 Å². The monoisotopic (exact) mass is 535 g/mol. The SMILES string of the molecule is CCN(CC)CCOC(=O)Nc1cc(CN2C(=O)N(c3ccc(OC(F)(F)F)cc3)C(=O)C23CC3)ccn1. The number of nitrogens with one attached hydrogen (secondary N) is 1. The van der Waals surface area contributed by atoms with Crippen molar-refractivity contribution in [1.82, 2.24) is 14.8 Å². The van der Waals surface area contributed by atoms with E-state index in [0.29, 0.717) is 24.9 Å². The zero-order chi connectivity index (χ0) is 27.5. The number of urea groups is 1. The molecule has 1 aliphatic carbocycles. The first kappa shape index (κ1) is 27.2. The van der Waals surface area contributed by atoms with Crippen molar-refractivity contribution in [2.75, 3.05) is 36.5 Å². The van der Waals surface area contributed by atoms with Gasteiger partial charge in [0, 0.05) is 19.3 Å². The normalized spacial score (nSPS) is 16.4. The molecule has 1 aliphatic heterocycles. The van der Waals surface area contributed by atoms with Crippen LogP contribution in [-0.4, -0.2) is 71.0 Å². The van der Waals surface area contributed by atoms with Crippen molar-refractivity contribution in [3.63, 3.8) is 0 Å². The topological polar surface area (TPSA) is 104 Å². The summed E-state index contributed by atoms with van der Waals surface area (Å²) in [5.41, 5.74) is -0.229. The highest BCUT2D eigenvalue weighted by Crippen LogP contribution is 2.49. The Labute approximate surface area is 217 Å². The quantitative estimate of drug-likeness (QED) is 0.451. The number of anilines is 2. The molecule has 0 bridgehead atoms. The van der Waals surface area contributed by atoms with Gasteiger partial charge in [-0.3, -0.25) is 10.1 Å². The molecule has 2 heterocycles. The molecule has 4 amide bonds. The zero-order valence-electron chi connectivity index (χ0n) is 21.0. The summed E-state index contributed by atoms with van der Waals surface area (Å²) in [6.45, 7) is 6.64. The van der Waals surface area contributed by atoms with Crippen LogP contribution in [-0.2, 0) is 16.1 Å². The molecule has 0 unspecified atom stereocenters. The van der Waals surface area contributed by atoms with Crippen molar-refractivity contribution in [2.24, 2.45) is 0 Å². The highest BCUT2D eigenvalue weighted by atomic mass is 19.4. The van der Waals surface area contributed by atoms with Gasteiger partial charge in [0.15, 0.2) is 0 Å². The van der Waals surface area contributed by atoms with Gasteiger partial charge in [0.25, 0.3) is 5.91 Å². The summed E-state index contributed by atoms with van der Waals surface area (Å²) in [6.07, 6.45) is -3.09. The van der Waals surface area contributed by atoms with Crippen LogP contribution in [0, 0.1) is 0 Å². The van der Waals surface area contributed by atoms with Gasteiger partial charge >= 0.3 is 18.5 Å². The Hall–Kier alpha value is -3.87. The molecule has 204 valence electrons. The maximum absolute atomic E-state index is 13.3. The molecular formula is C25H28F3N5O5. The van der Waals surface area contributed by atoms with Gasteiger partial charge in [0.2, 0.25) is 0 Å². The largest absolute Gasteiger partial charge is 0.573 e. The van der Waals surface area contributed by atoms with Crippen LogP contribution in [0.3, 0.4) is 0 Å². The Balaban J connectivity index is 1.41. The third-order valence-corrected chi connectivity index (χ3v) is 6.52. The number of likely N-dealkylation sites (N-methyl/N-ethyl adjacent to an activating group) is 1. The van der Waals surface area contributed by atoms with E-state index in [1.807, 2.05) is 13.8 Å². The maximum Gasteiger partial charge on any atom is 0.573 e. The summed E-state index contributed by atoms with van der Waals surface area (Å²) >= 11 is 0. The van der Waals surface area contributed by atoms with E-state index in [-0.39, 0.29) is 24.7 Å². The molecule has 10 nitrogen and oxygen atoms in total. The van der Waals surface area contributed by atoms with E-state index >= 15 is 0 Å². The van der Waals surface area contributed by atoms with E-state index in [1.54, 1.807) is 12.1 Å². The van der Waals surface area contributed by atoms with Crippen molar-refractivity contribution in [3.05, 3.63) is 48.2 Å². The summed E-state index contributed by atoms with van der Waals surface area (Å²) in [5.74, 6) is -0.659. The maximum atomic E-state index is 13.3. The summed E-state index contributed by atoms with van der Waals surface area (Å²) < 4.78 is 46.4. The van der Waals surface area contributed by atoms with E-state index < -0.39 is 35.7 Å². The van der Waals surface area contributed by atoms with Crippen LogP contribution >= 0.6 is 0 Å². The number of imide groups is 1. The molecular weight excluding hydrogens is 507 g/mol. The van der Waals surface area contributed by atoms with E-state index in [4.69, 9.17) is 4.74 Å². The van der Waals surface area contributed by atoms with Crippen molar-refractivity contribution in [3.8, 4) is 5.75 Å². The number of hydrogen-bond acceptors (Lipinski definition) is 7. The fourth-order valence-electron chi connectivity index (χ4n) is 4.33. The predicted octanol–water partition coefficient (Wildman–Crippen LogP) is 4.37. The fraction of sp³-hybridized carbons (Fsp3) is 0.440. The number of pyridine rings is 1. The standard InChI is InChI=1S/C25H28F3N5O5/c1-3-31(4-2)13-14-37-22(35)30-20-15-17(9-12-29-20)16-32-23(36)33(21(34)24(32)10-11-24)18-5-7-19(8-6-18)38-25(26,27)28/h5-9,12,15H,3-4,10-11,13-14,16H2,1-2H3,(H,29,30,35). The van der Waals surface area contributed by atoms with Gasteiger partial charge in [-0.15, -0.1) is 13.2 Å².